The van der Waals surface area contributed by atoms with Crippen molar-refractivity contribution >= 4 is 5.97 Å². The Morgan fingerprint density at radius 3 is 2.76 bits per heavy atom. The number of carboxylic acids is 1. The summed E-state index contributed by atoms with van der Waals surface area (Å²) in [6.07, 6.45) is 2.08. The van der Waals surface area contributed by atoms with Gasteiger partial charge in [-0.25, -0.2) is 0 Å². The Kier molecular flexibility index (Phi) is 4.66. The molecule has 0 saturated heterocycles. The van der Waals surface area contributed by atoms with Gasteiger partial charge in [0.1, 0.15) is 6.10 Å². The maximum atomic E-state index is 11.3. The van der Waals surface area contributed by atoms with E-state index in [1.54, 1.807) is 0 Å². The van der Waals surface area contributed by atoms with Crippen molar-refractivity contribution in [3.63, 3.8) is 0 Å². The van der Waals surface area contributed by atoms with Crippen LogP contribution in [0.25, 0.3) is 0 Å². The van der Waals surface area contributed by atoms with Crippen molar-refractivity contribution in [3.8, 4) is 0 Å². The number of aliphatic carboxylic acids is 1. The summed E-state index contributed by atoms with van der Waals surface area (Å²) in [7, 11) is 0. The molecule has 1 aromatic heterocycles. The molecule has 1 fully saturated rings. The Morgan fingerprint density at radius 2 is 2.19 bits per heavy atom. The molecular formula is C15H24N2O4. The largest absolute Gasteiger partial charge is 0.481 e. The van der Waals surface area contributed by atoms with Gasteiger partial charge in [-0.15, -0.1) is 0 Å². The van der Waals surface area contributed by atoms with Crippen LogP contribution in [0.15, 0.2) is 4.52 Å². The maximum Gasteiger partial charge on any atom is 0.307 e. The quantitative estimate of drug-likeness (QED) is 0.898. The van der Waals surface area contributed by atoms with Gasteiger partial charge in [0.2, 0.25) is 11.7 Å². The molecule has 2 rings (SSSR count). The highest BCUT2D eigenvalue weighted by atomic mass is 16.5. The third-order valence-electron chi connectivity index (χ3n) is 3.96. The topological polar surface area (TPSA) is 85.5 Å². The van der Waals surface area contributed by atoms with E-state index < -0.39 is 11.9 Å². The number of hydrogen-bond donors (Lipinski definition) is 1. The minimum absolute atomic E-state index is 0.154. The number of nitrogens with zero attached hydrogens (tertiary/aromatic N) is 2. The SMILES string of the molecule is CCOC(c1noc(C2CCCC2C(=O)O)n1)C(C)(C)C. The van der Waals surface area contributed by atoms with Gasteiger partial charge >= 0.3 is 5.97 Å². The fraction of sp³-hybridized carbons (Fsp3) is 0.800. The molecule has 0 bridgehead atoms. The van der Waals surface area contributed by atoms with Gasteiger partial charge in [-0.3, -0.25) is 4.79 Å². The molecule has 0 aromatic carbocycles. The number of aromatic nitrogens is 2. The zero-order valence-electron chi connectivity index (χ0n) is 13.1. The molecule has 0 amide bonds. The standard InChI is InChI=1S/C15H24N2O4/c1-5-20-11(15(2,3)4)12-16-13(21-17-12)9-7-6-8-10(9)14(18)19/h9-11H,5-8H2,1-4H3,(H,18,19). The van der Waals surface area contributed by atoms with Crippen molar-refractivity contribution in [2.45, 2.75) is 59.0 Å². The summed E-state index contributed by atoms with van der Waals surface area (Å²) in [5.74, 6) is -0.432. The lowest BCUT2D eigenvalue weighted by molar-refractivity contribution is -0.142. The fourth-order valence-corrected chi connectivity index (χ4v) is 2.93. The third-order valence-corrected chi connectivity index (χ3v) is 3.96. The Labute approximate surface area is 124 Å². The van der Waals surface area contributed by atoms with Crippen molar-refractivity contribution in [1.82, 2.24) is 10.1 Å². The van der Waals surface area contributed by atoms with E-state index in [1.807, 2.05) is 6.92 Å². The molecule has 6 nitrogen and oxygen atoms in total. The van der Waals surface area contributed by atoms with E-state index in [0.29, 0.717) is 24.7 Å². The molecule has 3 atom stereocenters. The Balaban J connectivity index is 2.22. The van der Waals surface area contributed by atoms with E-state index >= 15 is 0 Å². The Morgan fingerprint density at radius 1 is 1.48 bits per heavy atom. The third kappa shape index (κ3) is 3.43. The molecule has 6 heteroatoms. The summed E-state index contributed by atoms with van der Waals surface area (Å²) < 4.78 is 11.1. The fourth-order valence-electron chi connectivity index (χ4n) is 2.93. The number of rotatable bonds is 5. The van der Waals surface area contributed by atoms with Gasteiger partial charge in [0.15, 0.2) is 0 Å². The predicted octanol–water partition coefficient (Wildman–Crippen LogP) is 3.16. The maximum absolute atomic E-state index is 11.3. The van der Waals surface area contributed by atoms with Crippen LogP contribution in [0.1, 0.15) is 70.7 Å². The lowest BCUT2D eigenvalue weighted by Gasteiger charge is -2.27. The average molecular weight is 296 g/mol. The first kappa shape index (κ1) is 15.9. The van der Waals surface area contributed by atoms with Gasteiger partial charge in [0.25, 0.3) is 0 Å². The smallest absolute Gasteiger partial charge is 0.307 e. The summed E-state index contributed by atoms with van der Waals surface area (Å²) in [6.45, 7) is 8.65. The summed E-state index contributed by atoms with van der Waals surface area (Å²) in [5.41, 5.74) is -0.154. The van der Waals surface area contributed by atoms with Crippen molar-refractivity contribution in [1.29, 1.82) is 0 Å². The highest BCUT2D eigenvalue weighted by Gasteiger charge is 2.39. The second-order valence-electron chi connectivity index (χ2n) is 6.67. The molecule has 0 aliphatic heterocycles. The molecule has 1 aromatic rings. The minimum Gasteiger partial charge on any atom is -0.481 e. The molecule has 0 radical (unpaired) electrons. The second kappa shape index (κ2) is 6.13. The predicted molar refractivity (Wildman–Crippen MR) is 75.8 cm³/mol. The molecule has 0 spiro atoms. The Hall–Kier alpha value is -1.43. The molecule has 1 aliphatic carbocycles. The van der Waals surface area contributed by atoms with Crippen LogP contribution >= 0.6 is 0 Å². The number of carboxylic acid groups (broad SMARTS) is 1. The molecule has 21 heavy (non-hydrogen) atoms. The van der Waals surface area contributed by atoms with Gasteiger partial charge in [0.05, 0.1) is 11.8 Å². The lowest BCUT2D eigenvalue weighted by atomic mass is 9.88. The van der Waals surface area contributed by atoms with E-state index in [1.165, 1.54) is 0 Å². The van der Waals surface area contributed by atoms with E-state index in [4.69, 9.17) is 9.26 Å². The van der Waals surface area contributed by atoms with E-state index in [2.05, 4.69) is 30.9 Å². The van der Waals surface area contributed by atoms with Gasteiger partial charge < -0.3 is 14.4 Å². The number of carbonyl (C=O) groups is 1. The zero-order valence-corrected chi connectivity index (χ0v) is 13.1. The summed E-state index contributed by atoms with van der Waals surface area (Å²) >= 11 is 0. The first-order valence-corrected chi connectivity index (χ1v) is 7.52. The van der Waals surface area contributed by atoms with Gasteiger partial charge in [-0.2, -0.15) is 4.98 Å². The van der Waals surface area contributed by atoms with Crippen molar-refractivity contribution in [2.24, 2.45) is 11.3 Å². The van der Waals surface area contributed by atoms with Crippen molar-refractivity contribution in [3.05, 3.63) is 11.7 Å². The molecule has 1 N–H and O–H groups in total. The first-order chi connectivity index (χ1) is 9.84. The molecule has 3 unspecified atom stereocenters. The minimum atomic E-state index is -0.783. The van der Waals surface area contributed by atoms with Crippen LogP contribution in [-0.4, -0.2) is 27.8 Å². The van der Waals surface area contributed by atoms with Crippen LogP contribution in [0.5, 0.6) is 0 Å². The van der Waals surface area contributed by atoms with E-state index in [-0.39, 0.29) is 17.4 Å². The van der Waals surface area contributed by atoms with Gasteiger partial charge in [-0.05, 0) is 25.2 Å². The van der Waals surface area contributed by atoms with Crippen LogP contribution in [0.4, 0.5) is 0 Å². The van der Waals surface area contributed by atoms with Crippen molar-refractivity contribution in [2.75, 3.05) is 6.61 Å². The van der Waals surface area contributed by atoms with E-state index in [9.17, 15) is 9.90 Å². The van der Waals surface area contributed by atoms with Crippen LogP contribution in [0, 0.1) is 11.3 Å². The van der Waals surface area contributed by atoms with Crippen molar-refractivity contribution < 1.29 is 19.2 Å². The zero-order chi connectivity index (χ0) is 15.6. The normalized spacial score (nSPS) is 24.2. The Bertz CT molecular complexity index is 492. The molecule has 1 heterocycles. The molecule has 1 aliphatic rings. The summed E-state index contributed by atoms with van der Waals surface area (Å²) in [5, 5.41) is 13.3. The van der Waals surface area contributed by atoms with Gasteiger partial charge in [0, 0.05) is 6.61 Å². The molecule has 118 valence electrons. The van der Waals surface area contributed by atoms with E-state index in [0.717, 1.165) is 12.8 Å². The van der Waals surface area contributed by atoms with Crippen LogP contribution in [-0.2, 0) is 9.53 Å². The molecular weight excluding hydrogens is 272 g/mol. The highest BCUT2D eigenvalue weighted by molar-refractivity contribution is 5.71. The first-order valence-electron chi connectivity index (χ1n) is 7.52. The average Bonchev–Trinajstić information content (AvgIpc) is 3.02. The second-order valence-corrected chi connectivity index (χ2v) is 6.67. The van der Waals surface area contributed by atoms with Crippen LogP contribution < -0.4 is 0 Å². The number of ether oxygens (including phenoxy) is 1. The lowest BCUT2D eigenvalue weighted by Crippen LogP contribution is -2.23. The monoisotopic (exact) mass is 296 g/mol. The number of hydrogen-bond acceptors (Lipinski definition) is 5. The molecule has 1 saturated carbocycles. The van der Waals surface area contributed by atoms with Gasteiger partial charge in [-0.1, -0.05) is 32.3 Å². The highest BCUT2D eigenvalue weighted by Crippen LogP contribution is 2.40. The summed E-state index contributed by atoms with van der Waals surface area (Å²) in [6, 6.07) is 0. The van der Waals surface area contributed by atoms with Crippen LogP contribution in [0.2, 0.25) is 0 Å². The summed E-state index contributed by atoms with van der Waals surface area (Å²) in [4.78, 5) is 15.7. The van der Waals surface area contributed by atoms with Crippen LogP contribution in [0.3, 0.4) is 0 Å².